The molecule has 4 rings (SSSR count). The van der Waals surface area contributed by atoms with Crippen molar-refractivity contribution >= 4 is 5.97 Å². The zero-order valence-corrected chi connectivity index (χ0v) is 15.3. The van der Waals surface area contributed by atoms with Gasteiger partial charge in [-0.3, -0.25) is 4.79 Å². The van der Waals surface area contributed by atoms with E-state index in [0.29, 0.717) is 16.7 Å². The van der Waals surface area contributed by atoms with Crippen LogP contribution in [0.3, 0.4) is 0 Å². The van der Waals surface area contributed by atoms with Gasteiger partial charge in [-0.05, 0) is 73.5 Å². The Balaban J connectivity index is 1.68. The molecule has 4 aliphatic rings. The van der Waals surface area contributed by atoms with Crippen molar-refractivity contribution < 1.29 is 9.53 Å². The highest BCUT2D eigenvalue weighted by molar-refractivity contribution is 5.66. The van der Waals surface area contributed by atoms with Crippen LogP contribution in [0.4, 0.5) is 0 Å². The summed E-state index contributed by atoms with van der Waals surface area (Å²) in [7, 11) is 0. The second-order valence-electron chi connectivity index (χ2n) is 9.70. The van der Waals surface area contributed by atoms with Gasteiger partial charge >= 0.3 is 5.97 Å². The lowest BCUT2D eigenvalue weighted by atomic mass is 9.45. The number of carbonyl (C=O) groups excluding carboxylic acids is 1. The van der Waals surface area contributed by atoms with E-state index in [-0.39, 0.29) is 12.1 Å². The molecule has 0 heterocycles. The second kappa shape index (κ2) is 5.49. The van der Waals surface area contributed by atoms with Crippen molar-refractivity contribution in [2.75, 3.05) is 0 Å². The van der Waals surface area contributed by atoms with Crippen LogP contribution in [0.2, 0.25) is 0 Å². The molecule has 130 valence electrons. The van der Waals surface area contributed by atoms with E-state index in [1.807, 2.05) is 0 Å². The number of hydrogen-bond donors (Lipinski definition) is 0. The van der Waals surface area contributed by atoms with E-state index in [2.05, 4.69) is 13.8 Å². The molecule has 0 aromatic rings. The zero-order chi connectivity index (χ0) is 16.2. The van der Waals surface area contributed by atoms with Crippen molar-refractivity contribution in [2.45, 2.75) is 91.1 Å². The number of hydrogen-bond acceptors (Lipinski definition) is 2. The van der Waals surface area contributed by atoms with Crippen molar-refractivity contribution in [2.24, 2.45) is 34.5 Å². The first kappa shape index (κ1) is 16.0. The van der Waals surface area contributed by atoms with Gasteiger partial charge in [-0.1, -0.05) is 33.1 Å². The van der Waals surface area contributed by atoms with Crippen LogP contribution in [-0.4, -0.2) is 12.1 Å². The molecule has 0 aromatic heterocycles. The van der Waals surface area contributed by atoms with Crippen molar-refractivity contribution in [3.05, 3.63) is 0 Å². The predicted octanol–water partition coefficient (Wildman–Crippen LogP) is 5.35. The molecular weight excluding hydrogens is 284 g/mol. The van der Waals surface area contributed by atoms with Crippen LogP contribution in [0.1, 0.15) is 85.0 Å². The summed E-state index contributed by atoms with van der Waals surface area (Å²) in [6.07, 6.45) is 13.8. The summed E-state index contributed by atoms with van der Waals surface area (Å²) in [5.41, 5.74) is 1.00. The minimum atomic E-state index is -0.0635. The predicted molar refractivity (Wildman–Crippen MR) is 91.9 cm³/mol. The molecule has 2 nitrogen and oxygen atoms in total. The van der Waals surface area contributed by atoms with E-state index in [0.717, 1.165) is 24.2 Å². The van der Waals surface area contributed by atoms with Gasteiger partial charge in [0.15, 0.2) is 0 Å². The molecule has 0 aromatic carbocycles. The van der Waals surface area contributed by atoms with Gasteiger partial charge in [0.25, 0.3) is 0 Å². The molecule has 2 heteroatoms. The lowest BCUT2D eigenvalue weighted by molar-refractivity contribution is -0.182. The molecule has 0 spiro atoms. The van der Waals surface area contributed by atoms with Crippen LogP contribution in [-0.2, 0) is 9.53 Å². The normalized spacial score (nSPS) is 52.2. The number of carbonyl (C=O) groups is 1. The molecule has 7 unspecified atom stereocenters. The molecule has 0 aliphatic heterocycles. The van der Waals surface area contributed by atoms with Crippen LogP contribution in [0.5, 0.6) is 0 Å². The Kier molecular flexibility index (Phi) is 3.81. The van der Waals surface area contributed by atoms with Crippen LogP contribution < -0.4 is 0 Å². The van der Waals surface area contributed by atoms with Crippen molar-refractivity contribution in [3.63, 3.8) is 0 Å². The Morgan fingerprint density at radius 1 is 0.913 bits per heavy atom. The van der Waals surface area contributed by atoms with E-state index in [4.69, 9.17) is 4.74 Å². The van der Waals surface area contributed by atoms with Gasteiger partial charge < -0.3 is 4.74 Å². The lowest BCUT2D eigenvalue weighted by Gasteiger charge is -2.61. The van der Waals surface area contributed by atoms with Crippen molar-refractivity contribution in [1.29, 1.82) is 0 Å². The molecule has 0 bridgehead atoms. The monoisotopic (exact) mass is 318 g/mol. The van der Waals surface area contributed by atoms with Gasteiger partial charge in [-0.15, -0.1) is 0 Å². The first-order valence-electron chi connectivity index (χ1n) is 10.1. The Hall–Kier alpha value is -0.530. The summed E-state index contributed by atoms with van der Waals surface area (Å²) in [4.78, 5) is 11.7. The fourth-order valence-electron chi connectivity index (χ4n) is 7.66. The highest BCUT2D eigenvalue weighted by atomic mass is 16.5. The van der Waals surface area contributed by atoms with Crippen LogP contribution in [0.25, 0.3) is 0 Å². The molecule has 7 atom stereocenters. The third-order valence-electron chi connectivity index (χ3n) is 8.66. The first-order chi connectivity index (χ1) is 10.9. The maximum absolute atomic E-state index is 11.7. The Bertz CT molecular complexity index is 486. The number of ether oxygens (including phenoxy) is 1. The number of rotatable bonds is 1. The van der Waals surface area contributed by atoms with Crippen molar-refractivity contribution in [1.82, 2.24) is 0 Å². The third kappa shape index (κ3) is 2.38. The van der Waals surface area contributed by atoms with E-state index >= 15 is 0 Å². The smallest absolute Gasteiger partial charge is 0.302 e. The molecule has 4 fully saturated rings. The van der Waals surface area contributed by atoms with Crippen LogP contribution in [0.15, 0.2) is 0 Å². The maximum atomic E-state index is 11.7. The lowest BCUT2D eigenvalue weighted by Crippen LogP contribution is -2.57. The van der Waals surface area contributed by atoms with Crippen LogP contribution in [0, 0.1) is 34.5 Å². The summed E-state index contributed by atoms with van der Waals surface area (Å²) in [6, 6.07) is 0. The molecule has 0 amide bonds. The van der Waals surface area contributed by atoms with E-state index in [9.17, 15) is 4.79 Å². The van der Waals surface area contributed by atoms with Gasteiger partial charge in [-0.2, -0.15) is 0 Å². The SMILES string of the molecule is CC(=O)OC1CC2C3CCCC3(C)CCC2C2(C)CCCCC12. The molecule has 0 N–H and O–H groups in total. The quantitative estimate of drug-likeness (QED) is 0.609. The first-order valence-corrected chi connectivity index (χ1v) is 10.1. The minimum Gasteiger partial charge on any atom is -0.462 e. The summed E-state index contributed by atoms with van der Waals surface area (Å²) >= 11 is 0. The van der Waals surface area contributed by atoms with Gasteiger partial charge in [0.1, 0.15) is 6.10 Å². The summed E-state index contributed by atoms with van der Waals surface area (Å²) in [6.45, 7) is 6.71. The topological polar surface area (TPSA) is 26.3 Å². The summed E-state index contributed by atoms with van der Waals surface area (Å²) < 4.78 is 5.92. The van der Waals surface area contributed by atoms with Gasteiger partial charge in [0.05, 0.1) is 0 Å². The Morgan fingerprint density at radius 2 is 1.70 bits per heavy atom. The Labute approximate surface area is 141 Å². The molecule has 23 heavy (non-hydrogen) atoms. The molecule has 0 saturated heterocycles. The fraction of sp³-hybridized carbons (Fsp3) is 0.952. The average molecular weight is 319 g/mol. The molecule has 0 radical (unpaired) electrons. The molecular formula is C21H34O2. The van der Waals surface area contributed by atoms with Crippen molar-refractivity contribution in [3.8, 4) is 0 Å². The fourth-order valence-corrected chi connectivity index (χ4v) is 7.66. The average Bonchev–Trinajstić information content (AvgIpc) is 2.88. The molecule has 4 saturated carbocycles. The number of fused-ring (bicyclic) bond motifs is 5. The summed E-state index contributed by atoms with van der Waals surface area (Å²) in [5.74, 6) is 3.13. The van der Waals surface area contributed by atoms with Gasteiger partial charge in [0.2, 0.25) is 0 Å². The number of esters is 1. The Morgan fingerprint density at radius 3 is 2.48 bits per heavy atom. The standard InChI is InChI=1S/C21H34O2/c1-14(22)23-19-13-15-16-8-6-10-20(16,2)12-9-17(15)21(3)11-5-4-7-18(19)21/h15-19H,4-13H2,1-3H3. The maximum Gasteiger partial charge on any atom is 0.302 e. The third-order valence-corrected chi connectivity index (χ3v) is 8.66. The van der Waals surface area contributed by atoms with Crippen LogP contribution >= 0.6 is 0 Å². The zero-order valence-electron chi connectivity index (χ0n) is 15.3. The van der Waals surface area contributed by atoms with E-state index in [1.54, 1.807) is 6.92 Å². The van der Waals surface area contributed by atoms with E-state index in [1.165, 1.54) is 57.8 Å². The van der Waals surface area contributed by atoms with E-state index < -0.39 is 0 Å². The largest absolute Gasteiger partial charge is 0.462 e. The minimum absolute atomic E-state index is 0.0635. The molecule has 4 aliphatic carbocycles. The van der Waals surface area contributed by atoms with Gasteiger partial charge in [-0.25, -0.2) is 0 Å². The second-order valence-corrected chi connectivity index (χ2v) is 9.70. The summed E-state index contributed by atoms with van der Waals surface area (Å²) in [5, 5.41) is 0. The van der Waals surface area contributed by atoms with Gasteiger partial charge in [0, 0.05) is 12.8 Å². The highest BCUT2D eigenvalue weighted by Crippen LogP contribution is 2.66. The highest BCUT2D eigenvalue weighted by Gasteiger charge is 2.60.